The summed E-state index contributed by atoms with van der Waals surface area (Å²) in [6.07, 6.45) is 2.00. The molecule has 0 bridgehead atoms. The van der Waals surface area contributed by atoms with Crippen LogP contribution in [0.5, 0.6) is 11.5 Å². The van der Waals surface area contributed by atoms with Gasteiger partial charge < -0.3 is 15.2 Å². The largest absolute Gasteiger partial charge is 0.496 e. The Hall–Kier alpha value is -2.17. The van der Waals surface area contributed by atoms with Crippen LogP contribution in [0.2, 0.25) is 0 Å². The van der Waals surface area contributed by atoms with Gasteiger partial charge in [-0.3, -0.25) is 4.68 Å². The molecule has 0 radical (unpaired) electrons. The molecule has 5 nitrogen and oxygen atoms in total. The van der Waals surface area contributed by atoms with E-state index in [1.54, 1.807) is 18.9 Å². The summed E-state index contributed by atoms with van der Waals surface area (Å²) >= 11 is 0. The first-order valence-electron chi connectivity index (χ1n) is 6.65. The molecule has 0 aliphatic heterocycles. The van der Waals surface area contributed by atoms with Gasteiger partial charge in [-0.05, 0) is 24.1 Å². The van der Waals surface area contributed by atoms with Crippen LogP contribution in [0.25, 0.3) is 11.3 Å². The Bertz CT molecular complexity index is 586. The van der Waals surface area contributed by atoms with E-state index in [4.69, 9.17) is 15.2 Å². The highest BCUT2D eigenvalue weighted by atomic mass is 16.5. The molecular weight excluding hydrogens is 254 g/mol. The lowest BCUT2D eigenvalue weighted by molar-refractivity contribution is 0.399. The van der Waals surface area contributed by atoms with Crippen molar-refractivity contribution in [1.29, 1.82) is 0 Å². The number of aromatic nitrogens is 2. The third-order valence-corrected chi connectivity index (χ3v) is 3.31. The molecule has 2 aromatic rings. The molecule has 0 fully saturated rings. The molecule has 0 amide bonds. The van der Waals surface area contributed by atoms with Gasteiger partial charge in [0.25, 0.3) is 0 Å². The van der Waals surface area contributed by atoms with Crippen molar-refractivity contribution in [3.8, 4) is 22.8 Å². The minimum absolute atomic E-state index is 0.610. The maximum absolute atomic E-state index is 5.85. The van der Waals surface area contributed by atoms with E-state index in [9.17, 15) is 0 Å². The van der Waals surface area contributed by atoms with Crippen LogP contribution in [0, 0.1) is 0 Å². The van der Waals surface area contributed by atoms with Crippen molar-refractivity contribution in [3.63, 3.8) is 0 Å². The van der Waals surface area contributed by atoms with E-state index in [0.29, 0.717) is 5.82 Å². The van der Waals surface area contributed by atoms with Crippen LogP contribution in [0.15, 0.2) is 18.2 Å². The van der Waals surface area contributed by atoms with Crippen LogP contribution >= 0.6 is 0 Å². The summed E-state index contributed by atoms with van der Waals surface area (Å²) in [6.45, 7) is 2.14. The molecule has 20 heavy (non-hydrogen) atoms. The smallest absolute Gasteiger partial charge is 0.128 e. The Morgan fingerprint density at radius 2 is 1.85 bits per heavy atom. The Labute approximate surface area is 119 Å². The molecule has 1 aromatic carbocycles. The molecule has 0 saturated heterocycles. The van der Waals surface area contributed by atoms with E-state index < -0.39 is 0 Å². The van der Waals surface area contributed by atoms with Gasteiger partial charge in [-0.2, -0.15) is 5.10 Å². The third kappa shape index (κ3) is 2.57. The van der Waals surface area contributed by atoms with Crippen molar-refractivity contribution in [2.24, 2.45) is 7.05 Å². The number of nitrogens with zero attached hydrogens (tertiary/aromatic N) is 2. The van der Waals surface area contributed by atoms with Crippen LogP contribution in [-0.2, 0) is 13.5 Å². The van der Waals surface area contributed by atoms with Gasteiger partial charge in [0.05, 0.1) is 19.9 Å². The lowest BCUT2D eigenvalue weighted by Crippen LogP contribution is -1.98. The topological polar surface area (TPSA) is 62.3 Å². The number of hydrogen-bond donors (Lipinski definition) is 1. The quantitative estimate of drug-likeness (QED) is 0.911. The minimum Gasteiger partial charge on any atom is -0.496 e. The fourth-order valence-corrected chi connectivity index (χ4v) is 2.24. The highest BCUT2D eigenvalue weighted by molar-refractivity contribution is 5.72. The number of aryl methyl sites for hydroxylation is 2. The number of rotatable bonds is 5. The molecule has 0 atom stereocenters. The van der Waals surface area contributed by atoms with Gasteiger partial charge in [0.15, 0.2) is 0 Å². The van der Waals surface area contributed by atoms with Crippen molar-refractivity contribution in [2.75, 3.05) is 20.0 Å². The minimum atomic E-state index is 0.610. The van der Waals surface area contributed by atoms with E-state index in [-0.39, 0.29) is 0 Å². The molecule has 0 aliphatic carbocycles. The van der Waals surface area contributed by atoms with E-state index in [1.165, 1.54) is 0 Å². The van der Waals surface area contributed by atoms with Gasteiger partial charge >= 0.3 is 0 Å². The first-order valence-corrected chi connectivity index (χ1v) is 6.65. The SMILES string of the molecule is CCCc1cc(OC)c(-c2cc(N)n(C)n2)cc1OC. The summed E-state index contributed by atoms with van der Waals surface area (Å²) < 4.78 is 12.6. The monoisotopic (exact) mass is 275 g/mol. The molecule has 2 N–H and O–H groups in total. The molecule has 0 saturated carbocycles. The maximum Gasteiger partial charge on any atom is 0.128 e. The van der Waals surface area contributed by atoms with E-state index in [0.717, 1.165) is 41.2 Å². The van der Waals surface area contributed by atoms with Gasteiger partial charge in [-0.1, -0.05) is 13.3 Å². The molecule has 5 heteroatoms. The standard InChI is InChI=1S/C15H21N3O2/c1-5-6-10-7-14(20-4)11(8-13(10)19-3)12-9-15(16)18(2)17-12/h7-9H,5-6,16H2,1-4H3. The van der Waals surface area contributed by atoms with Crippen molar-refractivity contribution >= 4 is 5.82 Å². The van der Waals surface area contributed by atoms with Crippen molar-refractivity contribution in [1.82, 2.24) is 9.78 Å². The summed E-state index contributed by atoms with van der Waals surface area (Å²) in [4.78, 5) is 0. The second kappa shape index (κ2) is 5.86. The number of methoxy groups -OCH3 is 2. The number of benzene rings is 1. The normalized spacial score (nSPS) is 10.6. The van der Waals surface area contributed by atoms with Crippen LogP contribution < -0.4 is 15.2 Å². The average molecular weight is 275 g/mol. The van der Waals surface area contributed by atoms with Gasteiger partial charge in [0.2, 0.25) is 0 Å². The number of anilines is 1. The first kappa shape index (κ1) is 14.2. The fraction of sp³-hybridized carbons (Fsp3) is 0.400. The van der Waals surface area contributed by atoms with Crippen LogP contribution in [-0.4, -0.2) is 24.0 Å². The van der Waals surface area contributed by atoms with Crippen molar-refractivity contribution < 1.29 is 9.47 Å². The van der Waals surface area contributed by atoms with Gasteiger partial charge in [-0.15, -0.1) is 0 Å². The molecule has 1 heterocycles. The Kier molecular flexibility index (Phi) is 4.17. The number of nitrogen functional groups attached to an aromatic ring is 1. The van der Waals surface area contributed by atoms with Gasteiger partial charge in [0, 0.05) is 18.7 Å². The van der Waals surface area contributed by atoms with Crippen molar-refractivity contribution in [3.05, 3.63) is 23.8 Å². The molecule has 0 spiro atoms. The molecule has 2 rings (SSSR count). The van der Waals surface area contributed by atoms with Crippen LogP contribution in [0.3, 0.4) is 0 Å². The van der Waals surface area contributed by atoms with Gasteiger partial charge in [-0.25, -0.2) is 0 Å². The zero-order valence-electron chi connectivity index (χ0n) is 12.4. The first-order chi connectivity index (χ1) is 9.60. The predicted molar refractivity (Wildman–Crippen MR) is 80.2 cm³/mol. The van der Waals surface area contributed by atoms with E-state index in [1.807, 2.05) is 25.2 Å². The average Bonchev–Trinajstić information content (AvgIpc) is 2.78. The number of ether oxygens (including phenoxy) is 2. The third-order valence-electron chi connectivity index (χ3n) is 3.31. The Morgan fingerprint density at radius 1 is 1.15 bits per heavy atom. The summed E-state index contributed by atoms with van der Waals surface area (Å²) in [7, 11) is 5.15. The van der Waals surface area contributed by atoms with E-state index >= 15 is 0 Å². The molecule has 0 unspecified atom stereocenters. The molecule has 1 aromatic heterocycles. The van der Waals surface area contributed by atoms with Crippen LogP contribution in [0.1, 0.15) is 18.9 Å². The predicted octanol–water partition coefficient (Wildman–Crippen LogP) is 2.64. The van der Waals surface area contributed by atoms with E-state index in [2.05, 4.69) is 12.0 Å². The summed E-state index contributed by atoms with van der Waals surface area (Å²) in [6, 6.07) is 5.81. The second-order valence-corrected chi connectivity index (χ2v) is 4.69. The number of hydrogen-bond acceptors (Lipinski definition) is 4. The molecular formula is C15H21N3O2. The summed E-state index contributed by atoms with van der Waals surface area (Å²) in [5, 5.41) is 4.40. The second-order valence-electron chi connectivity index (χ2n) is 4.69. The zero-order valence-corrected chi connectivity index (χ0v) is 12.4. The zero-order chi connectivity index (χ0) is 14.7. The maximum atomic E-state index is 5.85. The molecule has 108 valence electrons. The van der Waals surface area contributed by atoms with Crippen LogP contribution in [0.4, 0.5) is 5.82 Å². The number of nitrogens with two attached hydrogens (primary N) is 1. The van der Waals surface area contributed by atoms with Gasteiger partial charge in [0.1, 0.15) is 17.3 Å². The lowest BCUT2D eigenvalue weighted by Gasteiger charge is -2.13. The highest BCUT2D eigenvalue weighted by Crippen LogP contribution is 2.36. The fourth-order valence-electron chi connectivity index (χ4n) is 2.24. The summed E-state index contributed by atoms with van der Waals surface area (Å²) in [5.41, 5.74) is 8.65. The summed E-state index contributed by atoms with van der Waals surface area (Å²) in [5.74, 6) is 2.25. The Balaban J connectivity index is 2.56. The highest BCUT2D eigenvalue weighted by Gasteiger charge is 2.15. The van der Waals surface area contributed by atoms with Crippen molar-refractivity contribution in [2.45, 2.75) is 19.8 Å². The Morgan fingerprint density at radius 3 is 2.35 bits per heavy atom. The lowest BCUT2D eigenvalue weighted by atomic mass is 10.0. The molecule has 0 aliphatic rings.